The number of likely N-dealkylation sites (N-methyl/N-ethyl adjacent to an activating group) is 1. The molecule has 1 aliphatic heterocycles. The summed E-state index contributed by atoms with van der Waals surface area (Å²) in [5.74, 6) is -0.0644. The molecule has 0 spiro atoms. The number of hydrogen-bond acceptors (Lipinski definition) is 4. The lowest BCUT2D eigenvalue weighted by Gasteiger charge is -2.30. The molecule has 0 bridgehead atoms. The number of amides is 1. The van der Waals surface area contributed by atoms with E-state index in [0.717, 1.165) is 32.5 Å². The van der Waals surface area contributed by atoms with Crippen LogP contribution in [0.2, 0.25) is 0 Å². The van der Waals surface area contributed by atoms with E-state index in [0.29, 0.717) is 24.0 Å². The van der Waals surface area contributed by atoms with E-state index in [1.807, 2.05) is 10.8 Å². The quantitative estimate of drug-likeness (QED) is 0.839. The number of carbonyl (C=O) groups is 1. The zero-order valence-electron chi connectivity index (χ0n) is 11.8. The lowest BCUT2D eigenvalue weighted by molar-refractivity contribution is -0.0175. The Labute approximate surface area is 118 Å². The SMILES string of the molecule is CN1CCOC(CNC(=O)c2cc(N)cn2C2CC2)C1. The van der Waals surface area contributed by atoms with Crippen LogP contribution in [-0.2, 0) is 4.74 Å². The Morgan fingerprint density at radius 3 is 3.05 bits per heavy atom. The zero-order valence-corrected chi connectivity index (χ0v) is 11.8. The van der Waals surface area contributed by atoms with E-state index in [-0.39, 0.29) is 12.0 Å². The number of nitrogen functional groups attached to an aromatic ring is 1. The summed E-state index contributed by atoms with van der Waals surface area (Å²) in [5, 5.41) is 2.96. The van der Waals surface area contributed by atoms with Gasteiger partial charge in [0.05, 0.1) is 18.4 Å². The Bertz CT molecular complexity index is 495. The number of aromatic nitrogens is 1. The van der Waals surface area contributed by atoms with Crippen molar-refractivity contribution in [3.05, 3.63) is 18.0 Å². The van der Waals surface area contributed by atoms with Crippen molar-refractivity contribution >= 4 is 11.6 Å². The number of rotatable bonds is 4. The first-order chi connectivity index (χ1) is 9.63. The van der Waals surface area contributed by atoms with Gasteiger partial charge in [0.2, 0.25) is 0 Å². The van der Waals surface area contributed by atoms with Gasteiger partial charge in [-0.2, -0.15) is 0 Å². The molecule has 2 aliphatic rings. The first-order valence-corrected chi connectivity index (χ1v) is 7.19. The molecule has 3 rings (SSSR count). The molecule has 3 N–H and O–H groups in total. The Morgan fingerprint density at radius 2 is 2.35 bits per heavy atom. The summed E-state index contributed by atoms with van der Waals surface area (Å²) in [6, 6.07) is 2.20. The monoisotopic (exact) mass is 278 g/mol. The van der Waals surface area contributed by atoms with Gasteiger partial charge in [-0.3, -0.25) is 4.79 Å². The molecule has 20 heavy (non-hydrogen) atoms. The van der Waals surface area contributed by atoms with Crippen molar-refractivity contribution in [1.82, 2.24) is 14.8 Å². The molecule has 2 heterocycles. The second-order valence-corrected chi connectivity index (χ2v) is 5.76. The molecule has 6 heteroatoms. The highest BCUT2D eigenvalue weighted by atomic mass is 16.5. The summed E-state index contributed by atoms with van der Waals surface area (Å²) in [7, 11) is 2.07. The first kappa shape index (κ1) is 13.5. The molecule has 2 fully saturated rings. The number of nitrogens with zero attached hydrogens (tertiary/aromatic N) is 2. The van der Waals surface area contributed by atoms with Crippen LogP contribution in [0.25, 0.3) is 0 Å². The van der Waals surface area contributed by atoms with Gasteiger partial charge in [-0.1, -0.05) is 0 Å². The average molecular weight is 278 g/mol. The summed E-state index contributed by atoms with van der Waals surface area (Å²) in [4.78, 5) is 14.5. The van der Waals surface area contributed by atoms with Gasteiger partial charge in [-0.15, -0.1) is 0 Å². The predicted molar refractivity (Wildman–Crippen MR) is 76.7 cm³/mol. The highest BCUT2D eigenvalue weighted by Gasteiger charge is 2.28. The van der Waals surface area contributed by atoms with Crippen LogP contribution in [0.5, 0.6) is 0 Å². The maximum absolute atomic E-state index is 12.3. The van der Waals surface area contributed by atoms with Crippen LogP contribution < -0.4 is 11.1 Å². The van der Waals surface area contributed by atoms with E-state index in [1.54, 1.807) is 6.07 Å². The van der Waals surface area contributed by atoms with Crippen molar-refractivity contribution < 1.29 is 9.53 Å². The van der Waals surface area contributed by atoms with Crippen molar-refractivity contribution in [1.29, 1.82) is 0 Å². The lowest BCUT2D eigenvalue weighted by atomic mass is 10.2. The summed E-state index contributed by atoms with van der Waals surface area (Å²) in [6.07, 6.45) is 4.19. The molecule has 110 valence electrons. The Hall–Kier alpha value is -1.53. The van der Waals surface area contributed by atoms with Crippen LogP contribution in [0.1, 0.15) is 29.4 Å². The molecular formula is C14H22N4O2. The van der Waals surface area contributed by atoms with Crippen LogP contribution in [-0.4, -0.2) is 54.8 Å². The third-order valence-electron chi connectivity index (χ3n) is 3.87. The van der Waals surface area contributed by atoms with Crippen molar-refractivity contribution in [2.24, 2.45) is 0 Å². The zero-order chi connectivity index (χ0) is 14.1. The van der Waals surface area contributed by atoms with E-state index >= 15 is 0 Å². The average Bonchev–Trinajstić information content (AvgIpc) is 3.19. The number of ether oxygens (including phenoxy) is 1. The predicted octanol–water partition coefficient (Wildman–Crippen LogP) is 0.466. The van der Waals surface area contributed by atoms with Gasteiger partial charge in [0.25, 0.3) is 5.91 Å². The molecular weight excluding hydrogens is 256 g/mol. The minimum atomic E-state index is -0.0644. The number of anilines is 1. The van der Waals surface area contributed by atoms with Crippen molar-refractivity contribution in [2.45, 2.75) is 25.0 Å². The van der Waals surface area contributed by atoms with Gasteiger partial charge in [0, 0.05) is 31.9 Å². The fourth-order valence-electron chi connectivity index (χ4n) is 2.62. The second kappa shape index (κ2) is 5.46. The molecule has 1 aromatic rings. The maximum atomic E-state index is 12.3. The molecule has 0 aromatic carbocycles. The highest BCUT2D eigenvalue weighted by molar-refractivity contribution is 5.93. The van der Waals surface area contributed by atoms with Gasteiger partial charge in [-0.05, 0) is 26.0 Å². The van der Waals surface area contributed by atoms with E-state index in [4.69, 9.17) is 10.5 Å². The van der Waals surface area contributed by atoms with Gasteiger partial charge >= 0.3 is 0 Å². The third-order valence-corrected chi connectivity index (χ3v) is 3.87. The fourth-order valence-corrected chi connectivity index (χ4v) is 2.62. The molecule has 1 saturated carbocycles. The maximum Gasteiger partial charge on any atom is 0.268 e. The van der Waals surface area contributed by atoms with Gasteiger partial charge in [0.1, 0.15) is 5.69 Å². The van der Waals surface area contributed by atoms with Crippen LogP contribution in [0.4, 0.5) is 5.69 Å². The van der Waals surface area contributed by atoms with Crippen molar-refractivity contribution in [3.8, 4) is 0 Å². The van der Waals surface area contributed by atoms with E-state index < -0.39 is 0 Å². The molecule has 1 aromatic heterocycles. The number of nitrogens with one attached hydrogen (secondary N) is 1. The van der Waals surface area contributed by atoms with Gasteiger partial charge in [0.15, 0.2) is 0 Å². The molecule has 6 nitrogen and oxygen atoms in total. The summed E-state index contributed by atoms with van der Waals surface area (Å²) >= 11 is 0. The molecule has 0 radical (unpaired) electrons. The van der Waals surface area contributed by atoms with Crippen LogP contribution in [0.3, 0.4) is 0 Å². The summed E-state index contributed by atoms with van der Waals surface area (Å²) in [6.45, 7) is 3.07. The number of nitrogens with two attached hydrogens (primary N) is 1. The largest absolute Gasteiger partial charge is 0.397 e. The smallest absolute Gasteiger partial charge is 0.268 e. The molecule has 1 amide bonds. The normalized spacial score (nSPS) is 23.8. The Balaban J connectivity index is 1.59. The van der Waals surface area contributed by atoms with E-state index in [9.17, 15) is 4.79 Å². The van der Waals surface area contributed by atoms with Crippen LogP contribution in [0.15, 0.2) is 12.3 Å². The number of hydrogen-bond donors (Lipinski definition) is 2. The minimum absolute atomic E-state index is 0.0644. The fraction of sp³-hybridized carbons (Fsp3) is 0.643. The second-order valence-electron chi connectivity index (χ2n) is 5.76. The first-order valence-electron chi connectivity index (χ1n) is 7.19. The molecule has 1 aliphatic carbocycles. The third kappa shape index (κ3) is 2.96. The van der Waals surface area contributed by atoms with Gasteiger partial charge in [-0.25, -0.2) is 0 Å². The molecule has 1 atom stereocenters. The van der Waals surface area contributed by atoms with Gasteiger partial charge < -0.3 is 25.3 Å². The lowest BCUT2D eigenvalue weighted by Crippen LogP contribution is -2.46. The highest BCUT2D eigenvalue weighted by Crippen LogP contribution is 2.37. The van der Waals surface area contributed by atoms with Crippen molar-refractivity contribution in [3.63, 3.8) is 0 Å². The van der Waals surface area contributed by atoms with Crippen molar-refractivity contribution in [2.75, 3.05) is 39.0 Å². The Kier molecular flexibility index (Phi) is 3.67. The van der Waals surface area contributed by atoms with E-state index in [2.05, 4.69) is 17.3 Å². The molecule has 1 saturated heterocycles. The number of carbonyl (C=O) groups excluding carboxylic acids is 1. The standard InChI is InChI=1S/C14H22N4O2/c1-17-4-5-20-12(9-17)7-16-14(19)13-6-10(15)8-18(13)11-2-3-11/h6,8,11-12H,2-5,7,9,15H2,1H3,(H,16,19). The molecule has 1 unspecified atom stereocenters. The summed E-state index contributed by atoms with van der Waals surface area (Å²) in [5.41, 5.74) is 7.12. The summed E-state index contributed by atoms with van der Waals surface area (Å²) < 4.78 is 7.64. The topological polar surface area (TPSA) is 72.5 Å². The minimum Gasteiger partial charge on any atom is -0.397 e. The Morgan fingerprint density at radius 1 is 1.55 bits per heavy atom. The van der Waals surface area contributed by atoms with Crippen LogP contribution in [0, 0.1) is 0 Å². The van der Waals surface area contributed by atoms with E-state index in [1.165, 1.54) is 0 Å². The van der Waals surface area contributed by atoms with Crippen LogP contribution >= 0.6 is 0 Å². The number of morpholine rings is 1.